The number of rotatable bonds is 6. The third kappa shape index (κ3) is 2.58. The molecular weight excluding hydrogens is 272 g/mol. The molecule has 0 saturated carbocycles. The van der Waals surface area contributed by atoms with Gasteiger partial charge in [0.25, 0.3) is 0 Å². The van der Waals surface area contributed by atoms with Crippen LogP contribution in [0.2, 0.25) is 0 Å². The zero-order valence-corrected chi connectivity index (χ0v) is 13.9. The van der Waals surface area contributed by atoms with E-state index in [2.05, 4.69) is 30.4 Å². The van der Waals surface area contributed by atoms with Crippen LogP contribution in [0.3, 0.4) is 0 Å². The van der Waals surface area contributed by atoms with Gasteiger partial charge in [0, 0.05) is 13.6 Å². The van der Waals surface area contributed by atoms with Gasteiger partial charge in [0.05, 0.1) is 11.1 Å². The number of aromatic nitrogens is 4. The van der Waals surface area contributed by atoms with Gasteiger partial charge in [0.15, 0.2) is 5.65 Å². The van der Waals surface area contributed by atoms with Crippen LogP contribution in [0.4, 0.5) is 0 Å². The summed E-state index contributed by atoms with van der Waals surface area (Å²) >= 11 is 6.34. The Bertz CT molecular complexity index is 578. The predicted octanol–water partition coefficient (Wildman–Crippen LogP) is 4.07. The topological polar surface area (TPSA) is 35.6 Å². The molecule has 0 N–H and O–H groups in total. The summed E-state index contributed by atoms with van der Waals surface area (Å²) in [7, 11) is 2.00. The number of halogens is 1. The summed E-state index contributed by atoms with van der Waals surface area (Å²) in [6, 6.07) is 0. The molecule has 5 heteroatoms. The number of nitrogens with zero attached hydrogens (tertiary/aromatic N) is 4. The van der Waals surface area contributed by atoms with Crippen molar-refractivity contribution >= 4 is 22.8 Å². The van der Waals surface area contributed by atoms with E-state index in [0.29, 0.717) is 5.92 Å². The van der Waals surface area contributed by atoms with Gasteiger partial charge < -0.3 is 4.57 Å². The summed E-state index contributed by atoms with van der Waals surface area (Å²) in [5, 5.41) is 4.50. The molecule has 0 aliphatic carbocycles. The molecule has 4 nitrogen and oxygen atoms in total. The van der Waals surface area contributed by atoms with Crippen molar-refractivity contribution in [2.24, 2.45) is 13.0 Å². The van der Waals surface area contributed by atoms with E-state index in [0.717, 1.165) is 35.6 Å². The summed E-state index contributed by atoms with van der Waals surface area (Å²) < 4.78 is 4.23. The van der Waals surface area contributed by atoms with Crippen LogP contribution < -0.4 is 0 Å². The van der Waals surface area contributed by atoms with Crippen LogP contribution in [0.15, 0.2) is 0 Å². The molecule has 20 heavy (non-hydrogen) atoms. The number of fused-ring (bicyclic) bond motifs is 1. The number of hydrogen-bond acceptors (Lipinski definition) is 2. The summed E-state index contributed by atoms with van der Waals surface area (Å²) in [5.74, 6) is 1.62. The van der Waals surface area contributed by atoms with Gasteiger partial charge in [-0.1, -0.05) is 33.6 Å². The number of aryl methyl sites for hydroxylation is 2. The fraction of sp³-hybridized carbons (Fsp3) is 0.733. The molecule has 2 aromatic rings. The lowest BCUT2D eigenvalue weighted by Crippen LogP contribution is -2.14. The molecule has 0 aromatic carbocycles. The van der Waals surface area contributed by atoms with Gasteiger partial charge in [-0.25, -0.2) is 4.98 Å². The van der Waals surface area contributed by atoms with Crippen molar-refractivity contribution in [2.45, 2.75) is 58.9 Å². The highest BCUT2D eigenvalue weighted by Crippen LogP contribution is 2.28. The van der Waals surface area contributed by atoms with Crippen molar-refractivity contribution in [1.29, 1.82) is 0 Å². The van der Waals surface area contributed by atoms with E-state index in [9.17, 15) is 0 Å². The molecule has 1 unspecified atom stereocenters. The molecular formula is C15H25ClN4. The number of hydrogen-bond donors (Lipinski definition) is 0. The molecule has 2 rings (SSSR count). The van der Waals surface area contributed by atoms with Crippen LogP contribution in [0, 0.1) is 5.92 Å². The molecule has 0 radical (unpaired) electrons. The maximum Gasteiger partial charge on any atom is 0.158 e. The number of alkyl halides is 1. The molecule has 0 aliphatic heterocycles. The highest BCUT2D eigenvalue weighted by molar-refractivity contribution is 6.20. The van der Waals surface area contributed by atoms with Crippen LogP contribution >= 0.6 is 11.6 Å². The van der Waals surface area contributed by atoms with E-state index in [1.54, 1.807) is 0 Å². The first-order chi connectivity index (χ1) is 9.53. The van der Waals surface area contributed by atoms with Gasteiger partial charge in [-0.2, -0.15) is 5.10 Å². The van der Waals surface area contributed by atoms with E-state index in [-0.39, 0.29) is 5.38 Å². The Hall–Kier alpha value is -1.03. The lowest BCUT2D eigenvalue weighted by molar-refractivity contribution is 0.413. The third-order valence-electron chi connectivity index (χ3n) is 4.11. The maximum atomic E-state index is 6.34. The Morgan fingerprint density at radius 3 is 2.35 bits per heavy atom. The van der Waals surface area contributed by atoms with E-state index in [1.165, 1.54) is 12.8 Å². The first kappa shape index (κ1) is 15.4. The minimum absolute atomic E-state index is 0.0820. The maximum absolute atomic E-state index is 6.34. The largest absolute Gasteiger partial charge is 0.311 e. The Kier molecular flexibility index (Phi) is 4.74. The van der Waals surface area contributed by atoms with Crippen LogP contribution in [0.25, 0.3) is 11.2 Å². The van der Waals surface area contributed by atoms with Gasteiger partial charge in [-0.05, 0) is 19.3 Å². The summed E-state index contributed by atoms with van der Waals surface area (Å²) in [6.07, 6.45) is 3.24. The fourth-order valence-corrected chi connectivity index (χ4v) is 2.95. The molecule has 2 aromatic heterocycles. The standard InChI is InChI=1S/C15H25ClN4/c1-6-11(7-2)9-20-14(10(4)16)17-13-12(8-3)18-19(5)15(13)20/h10-11H,6-9H2,1-5H3. The van der Waals surface area contributed by atoms with Gasteiger partial charge in [0.2, 0.25) is 0 Å². The second kappa shape index (κ2) is 6.17. The van der Waals surface area contributed by atoms with Crippen molar-refractivity contribution in [3.63, 3.8) is 0 Å². The average Bonchev–Trinajstić information content (AvgIpc) is 2.94. The molecule has 0 amide bonds. The van der Waals surface area contributed by atoms with Crippen LogP contribution in [0.1, 0.15) is 57.4 Å². The Labute approximate surface area is 126 Å². The van der Waals surface area contributed by atoms with E-state index in [1.807, 2.05) is 18.7 Å². The van der Waals surface area contributed by atoms with E-state index in [4.69, 9.17) is 16.6 Å². The lowest BCUT2D eigenvalue weighted by atomic mass is 10.0. The SMILES string of the molecule is CCc1nn(C)c2c1nc(C(C)Cl)n2CC(CC)CC. The first-order valence-corrected chi connectivity index (χ1v) is 8.03. The highest BCUT2D eigenvalue weighted by atomic mass is 35.5. The summed E-state index contributed by atoms with van der Waals surface area (Å²) in [5.41, 5.74) is 3.18. The van der Waals surface area contributed by atoms with Gasteiger partial charge in [-0.3, -0.25) is 4.68 Å². The molecule has 112 valence electrons. The van der Waals surface area contributed by atoms with Crippen LogP contribution in [-0.4, -0.2) is 19.3 Å². The monoisotopic (exact) mass is 296 g/mol. The lowest BCUT2D eigenvalue weighted by Gasteiger charge is -2.17. The smallest absolute Gasteiger partial charge is 0.158 e. The molecule has 0 fully saturated rings. The third-order valence-corrected chi connectivity index (χ3v) is 4.30. The quantitative estimate of drug-likeness (QED) is 0.753. The predicted molar refractivity (Wildman–Crippen MR) is 84.2 cm³/mol. The fourth-order valence-electron chi connectivity index (χ4n) is 2.79. The van der Waals surface area contributed by atoms with E-state index >= 15 is 0 Å². The van der Waals surface area contributed by atoms with Gasteiger partial charge >= 0.3 is 0 Å². The van der Waals surface area contributed by atoms with Crippen LogP contribution in [-0.2, 0) is 20.0 Å². The highest BCUT2D eigenvalue weighted by Gasteiger charge is 2.22. The van der Waals surface area contributed by atoms with E-state index < -0.39 is 0 Å². The molecule has 1 atom stereocenters. The number of imidazole rings is 1. The Balaban J connectivity index is 2.59. The molecule has 0 saturated heterocycles. The molecule has 0 aliphatic rings. The first-order valence-electron chi connectivity index (χ1n) is 7.59. The van der Waals surface area contributed by atoms with Crippen molar-refractivity contribution in [1.82, 2.24) is 19.3 Å². The molecule has 0 bridgehead atoms. The van der Waals surface area contributed by atoms with Crippen molar-refractivity contribution in [3.8, 4) is 0 Å². The van der Waals surface area contributed by atoms with Crippen molar-refractivity contribution in [2.75, 3.05) is 0 Å². The Morgan fingerprint density at radius 2 is 1.85 bits per heavy atom. The van der Waals surface area contributed by atoms with Crippen molar-refractivity contribution < 1.29 is 0 Å². The van der Waals surface area contributed by atoms with Crippen molar-refractivity contribution in [3.05, 3.63) is 11.5 Å². The summed E-state index contributed by atoms with van der Waals surface area (Å²) in [6.45, 7) is 9.56. The summed E-state index contributed by atoms with van der Waals surface area (Å²) in [4.78, 5) is 4.77. The second-order valence-electron chi connectivity index (χ2n) is 5.48. The van der Waals surface area contributed by atoms with Gasteiger partial charge in [-0.15, -0.1) is 11.6 Å². The molecule has 2 heterocycles. The molecule has 0 spiro atoms. The van der Waals surface area contributed by atoms with Crippen LogP contribution in [0.5, 0.6) is 0 Å². The second-order valence-corrected chi connectivity index (χ2v) is 6.13. The normalized spacial score (nSPS) is 13.6. The average molecular weight is 297 g/mol. The zero-order valence-electron chi connectivity index (χ0n) is 13.1. The minimum atomic E-state index is -0.0820. The van der Waals surface area contributed by atoms with Gasteiger partial charge in [0.1, 0.15) is 11.3 Å². The Morgan fingerprint density at radius 1 is 1.20 bits per heavy atom. The zero-order chi connectivity index (χ0) is 14.9. The minimum Gasteiger partial charge on any atom is -0.311 e.